The van der Waals surface area contributed by atoms with E-state index in [9.17, 15) is 0 Å². The molecule has 0 saturated heterocycles. The summed E-state index contributed by atoms with van der Waals surface area (Å²) >= 11 is 5.47. The predicted molar refractivity (Wildman–Crippen MR) is 67.6 cm³/mol. The van der Waals surface area contributed by atoms with E-state index in [2.05, 4.69) is 51.5 Å². The molecule has 0 bridgehead atoms. The lowest BCUT2D eigenvalue weighted by molar-refractivity contribution is 0.288. The van der Waals surface area contributed by atoms with Gasteiger partial charge in [-0.25, -0.2) is 0 Å². The summed E-state index contributed by atoms with van der Waals surface area (Å²) in [6.45, 7) is 11.9. The van der Waals surface area contributed by atoms with Crippen LogP contribution in [0, 0.1) is 0 Å². The van der Waals surface area contributed by atoms with E-state index in [1.807, 2.05) is 0 Å². The molecule has 0 atom stereocenters. The topological polar surface area (TPSA) is 6.48 Å². The van der Waals surface area contributed by atoms with Gasteiger partial charge in [-0.05, 0) is 46.3 Å². The van der Waals surface area contributed by atoms with Gasteiger partial charge in [0.15, 0.2) is 5.11 Å². The molecular weight excluding hydrogens is 192 g/mol. The van der Waals surface area contributed by atoms with Crippen molar-refractivity contribution in [3.8, 4) is 0 Å². The number of thiocarbonyl (C=S) groups is 1. The summed E-state index contributed by atoms with van der Waals surface area (Å²) in [5, 5.41) is 0.969. The monoisotopic (exact) mass is 216 g/mol. The van der Waals surface area contributed by atoms with E-state index in [0.717, 1.165) is 18.1 Å². The van der Waals surface area contributed by atoms with Crippen molar-refractivity contribution in [2.24, 2.45) is 0 Å². The van der Waals surface area contributed by atoms with Crippen LogP contribution >= 0.6 is 12.2 Å². The van der Waals surface area contributed by atoms with Crippen LogP contribution in [0.3, 0.4) is 0 Å². The quantitative estimate of drug-likeness (QED) is 0.667. The largest absolute Gasteiger partial charge is 0.350 e. The fraction of sp³-hybridized carbons (Fsp3) is 0.909. The summed E-state index contributed by atoms with van der Waals surface area (Å²) < 4.78 is 0. The first kappa shape index (κ1) is 13.7. The first-order chi connectivity index (χ1) is 6.41. The Labute approximate surface area is 94.3 Å². The van der Waals surface area contributed by atoms with Crippen LogP contribution in [0.5, 0.6) is 0 Å². The molecule has 0 rings (SSSR count). The Kier molecular flexibility index (Phi) is 6.09. The van der Waals surface area contributed by atoms with Gasteiger partial charge < -0.3 is 9.80 Å². The van der Waals surface area contributed by atoms with Gasteiger partial charge >= 0.3 is 0 Å². The van der Waals surface area contributed by atoms with Crippen molar-refractivity contribution < 1.29 is 0 Å². The van der Waals surface area contributed by atoms with Crippen LogP contribution in [0.1, 0.15) is 41.0 Å². The zero-order chi connectivity index (χ0) is 11.3. The summed E-state index contributed by atoms with van der Waals surface area (Å²) in [6, 6.07) is 0.962. The van der Waals surface area contributed by atoms with Crippen molar-refractivity contribution in [2.75, 3.05) is 13.6 Å². The SMILES string of the molecule is CCCN(C(=S)N(C)C(C)C)C(C)C. The Bertz CT molecular complexity index is 178. The van der Waals surface area contributed by atoms with E-state index in [1.165, 1.54) is 0 Å². The molecule has 0 aliphatic heterocycles. The zero-order valence-corrected chi connectivity index (χ0v) is 11.2. The zero-order valence-electron chi connectivity index (χ0n) is 10.4. The van der Waals surface area contributed by atoms with Crippen molar-refractivity contribution in [1.29, 1.82) is 0 Å². The molecule has 0 amide bonds. The molecule has 0 spiro atoms. The minimum Gasteiger partial charge on any atom is -0.350 e. The Morgan fingerprint density at radius 2 is 1.64 bits per heavy atom. The Morgan fingerprint density at radius 1 is 1.14 bits per heavy atom. The van der Waals surface area contributed by atoms with Crippen LogP contribution in [0.15, 0.2) is 0 Å². The van der Waals surface area contributed by atoms with Crippen LogP contribution in [-0.2, 0) is 0 Å². The summed E-state index contributed by atoms with van der Waals surface area (Å²) in [5.74, 6) is 0. The van der Waals surface area contributed by atoms with Gasteiger partial charge in [0.2, 0.25) is 0 Å². The Hall–Kier alpha value is -0.310. The smallest absolute Gasteiger partial charge is 0.171 e. The normalized spacial score (nSPS) is 10.9. The lowest BCUT2D eigenvalue weighted by Crippen LogP contribution is -2.47. The third-order valence-electron chi connectivity index (χ3n) is 2.41. The third kappa shape index (κ3) is 3.82. The van der Waals surface area contributed by atoms with Gasteiger partial charge in [-0.2, -0.15) is 0 Å². The van der Waals surface area contributed by atoms with Gasteiger partial charge in [-0.15, -0.1) is 0 Å². The van der Waals surface area contributed by atoms with Gasteiger partial charge in [-0.1, -0.05) is 6.92 Å². The molecule has 0 aromatic carbocycles. The molecular formula is C11H24N2S. The molecule has 2 nitrogen and oxygen atoms in total. The lowest BCUT2D eigenvalue weighted by atomic mass is 10.3. The fourth-order valence-corrected chi connectivity index (χ4v) is 1.75. The van der Waals surface area contributed by atoms with E-state index in [4.69, 9.17) is 12.2 Å². The van der Waals surface area contributed by atoms with Gasteiger partial charge in [0, 0.05) is 25.7 Å². The molecule has 0 unspecified atom stereocenters. The van der Waals surface area contributed by atoms with Crippen LogP contribution in [0.4, 0.5) is 0 Å². The number of rotatable bonds is 4. The van der Waals surface area contributed by atoms with E-state index < -0.39 is 0 Å². The number of nitrogens with zero attached hydrogens (tertiary/aromatic N) is 2. The first-order valence-electron chi connectivity index (χ1n) is 5.45. The van der Waals surface area contributed by atoms with Gasteiger partial charge in [0.25, 0.3) is 0 Å². The molecule has 0 aliphatic carbocycles. The predicted octanol–water partition coefficient (Wildman–Crippen LogP) is 2.73. The highest BCUT2D eigenvalue weighted by Gasteiger charge is 2.17. The average Bonchev–Trinajstić information content (AvgIpc) is 2.11. The molecule has 14 heavy (non-hydrogen) atoms. The molecule has 3 heteroatoms. The van der Waals surface area contributed by atoms with Crippen molar-refractivity contribution in [3.05, 3.63) is 0 Å². The summed E-state index contributed by atoms with van der Waals surface area (Å²) in [7, 11) is 2.07. The van der Waals surface area contributed by atoms with Crippen LogP contribution in [0.25, 0.3) is 0 Å². The second-order valence-corrected chi connectivity index (χ2v) is 4.64. The van der Waals surface area contributed by atoms with E-state index in [1.54, 1.807) is 0 Å². The van der Waals surface area contributed by atoms with E-state index in [0.29, 0.717) is 12.1 Å². The first-order valence-corrected chi connectivity index (χ1v) is 5.86. The maximum absolute atomic E-state index is 5.47. The van der Waals surface area contributed by atoms with Gasteiger partial charge in [-0.3, -0.25) is 0 Å². The molecule has 0 aromatic rings. The van der Waals surface area contributed by atoms with Crippen molar-refractivity contribution >= 4 is 17.3 Å². The molecule has 84 valence electrons. The van der Waals surface area contributed by atoms with Crippen LogP contribution in [-0.4, -0.2) is 40.6 Å². The minimum absolute atomic E-state index is 0.473. The second-order valence-electron chi connectivity index (χ2n) is 4.27. The van der Waals surface area contributed by atoms with Crippen LogP contribution < -0.4 is 0 Å². The molecule has 0 heterocycles. The summed E-state index contributed by atoms with van der Waals surface area (Å²) in [6.07, 6.45) is 1.14. The molecule has 0 fully saturated rings. The van der Waals surface area contributed by atoms with Gasteiger partial charge in [0.1, 0.15) is 0 Å². The molecule has 0 radical (unpaired) electrons. The Balaban J connectivity index is 4.43. The molecule has 0 aromatic heterocycles. The average molecular weight is 216 g/mol. The highest BCUT2D eigenvalue weighted by molar-refractivity contribution is 7.80. The van der Waals surface area contributed by atoms with Crippen molar-refractivity contribution in [1.82, 2.24) is 9.80 Å². The maximum Gasteiger partial charge on any atom is 0.171 e. The Morgan fingerprint density at radius 3 is 1.93 bits per heavy atom. The third-order valence-corrected chi connectivity index (χ3v) is 2.93. The standard InChI is InChI=1S/C11H24N2S/c1-7-8-13(10(4)5)11(14)12(6)9(2)3/h9-10H,7-8H2,1-6H3. The highest BCUT2D eigenvalue weighted by Crippen LogP contribution is 2.07. The van der Waals surface area contributed by atoms with E-state index >= 15 is 0 Å². The molecule has 0 saturated carbocycles. The molecule has 0 N–H and O–H groups in total. The second kappa shape index (κ2) is 6.23. The van der Waals surface area contributed by atoms with Crippen LogP contribution in [0.2, 0.25) is 0 Å². The number of hydrogen-bond donors (Lipinski definition) is 0. The van der Waals surface area contributed by atoms with Crippen molar-refractivity contribution in [3.63, 3.8) is 0 Å². The van der Waals surface area contributed by atoms with Gasteiger partial charge in [0.05, 0.1) is 0 Å². The number of hydrogen-bond acceptors (Lipinski definition) is 1. The fourth-order valence-electron chi connectivity index (χ4n) is 1.24. The van der Waals surface area contributed by atoms with Crippen molar-refractivity contribution in [2.45, 2.75) is 53.1 Å². The minimum atomic E-state index is 0.473. The summed E-state index contributed by atoms with van der Waals surface area (Å²) in [4.78, 5) is 4.44. The highest BCUT2D eigenvalue weighted by atomic mass is 32.1. The molecule has 0 aliphatic rings. The summed E-state index contributed by atoms with van der Waals surface area (Å²) in [5.41, 5.74) is 0. The lowest BCUT2D eigenvalue weighted by Gasteiger charge is -2.36. The van der Waals surface area contributed by atoms with E-state index in [-0.39, 0.29) is 0 Å². The maximum atomic E-state index is 5.47.